The number of aromatic amines is 1. The zero-order valence-electron chi connectivity index (χ0n) is 17.9. The molecule has 2 aromatic rings. The molecule has 1 fully saturated rings. The normalized spacial score (nSPS) is 22.0. The summed E-state index contributed by atoms with van der Waals surface area (Å²) in [7, 11) is -2.81. The average molecular weight is 467 g/mol. The lowest BCUT2D eigenvalue weighted by Crippen LogP contribution is -2.37. The Morgan fingerprint density at radius 3 is 2.59 bits per heavy atom. The molecule has 3 unspecified atom stereocenters. The Balaban J connectivity index is 1.73. The molecule has 0 spiro atoms. The third kappa shape index (κ3) is 5.95. The number of carbonyl (C=O) groups is 1. The molecule has 3 rings (SSSR count). The number of esters is 1. The lowest BCUT2D eigenvalue weighted by atomic mass is 10.1. The molecular formula is C20H26N3O8P. The van der Waals surface area contributed by atoms with Gasteiger partial charge in [-0.1, -0.05) is 18.2 Å². The minimum atomic E-state index is -4.03. The molecule has 1 aromatic carbocycles. The van der Waals surface area contributed by atoms with Crippen molar-refractivity contribution >= 4 is 13.7 Å². The zero-order chi connectivity index (χ0) is 23.3. The van der Waals surface area contributed by atoms with Crippen LogP contribution in [0.2, 0.25) is 0 Å². The number of hydrogen-bond acceptors (Lipinski definition) is 8. The molecule has 174 valence electrons. The summed E-state index contributed by atoms with van der Waals surface area (Å²) in [5, 5.41) is 2.59. The predicted molar refractivity (Wildman–Crippen MR) is 114 cm³/mol. The fourth-order valence-electron chi connectivity index (χ4n) is 3.30. The van der Waals surface area contributed by atoms with Crippen LogP contribution in [0.25, 0.3) is 0 Å². The fraction of sp³-hybridized carbons (Fsp3) is 0.450. The molecule has 0 saturated carbocycles. The van der Waals surface area contributed by atoms with Crippen molar-refractivity contribution in [1.82, 2.24) is 14.6 Å². The molecule has 5 atom stereocenters. The summed E-state index contributed by atoms with van der Waals surface area (Å²) in [6, 6.07) is 8.68. The number of H-pyrrole nitrogens is 1. The number of methoxy groups -OCH3 is 1. The second-order valence-corrected chi connectivity index (χ2v) is 8.96. The monoisotopic (exact) mass is 467 g/mol. The van der Waals surface area contributed by atoms with Crippen molar-refractivity contribution in [3.05, 3.63) is 63.4 Å². The number of rotatable bonds is 9. The molecule has 0 aliphatic carbocycles. The number of carbonyl (C=O) groups excluding carboxylic acids is 1. The van der Waals surface area contributed by atoms with Gasteiger partial charge in [0.25, 0.3) is 5.56 Å². The van der Waals surface area contributed by atoms with Crippen molar-refractivity contribution < 1.29 is 27.9 Å². The van der Waals surface area contributed by atoms with Crippen LogP contribution in [-0.2, 0) is 23.4 Å². The maximum atomic E-state index is 13.5. The van der Waals surface area contributed by atoms with E-state index in [4.69, 9.17) is 13.8 Å². The second-order valence-electron chi connectivity index (χ2n) is 7.31. The van der Waals surface area contributed by atoms with Crippen LogP contribution in [0.4, 0.5) is 0 Å². The first-order valence-electron chi connectivity index (χ1n) is 10.1. The van der Waals surface area contributed by atoms with Gasteiger partial charge >= 0.3 is 19.4 Å². The number of benzene rings is 1. The number of para-hydroxylation sites is 1. The molecule has 1 aliphatic rings. The van der Waals surface area contributed by atoms with Gasteiger partial charge < -0.3 is 14.0 Å². The van der Waals surface area contributed by atoms with Gasteiger partial charge in [-0.3, -0.25) is 23.7 Å². The van der Waals surface area contributed by atoms with Crippen LogP contribution in [0.3, 0.4) is 0 Å². The summed E-state index contributed by atoms with van der Waals surface area (Å²) in [5.41, 5.74) is -1.08. The van der Waals surface area contributed by atoms with Crippen LogP contribution in [0.15, 0.2) is 52.2 Å². The molecule has 1 saturated heterocycles. The number of nitrogens with zero attached hydrogens (tertiary/aromatic N) is 1. The first-order valence-corrected chi connectivity index (χ1v) is 11.6. The highest BCUT2D eigenvalue weighted by molar-refractivity contribution is 7.52. The van der Waals surface area contributed by atoms with Crippen LogP contribution in [0.1, 0.15) is 32.9 Å². The molecule has 2 N–H and O–H groups in total. The van der Waals surface area contributed by atoms with Crippen LogP contribution in [0, 0.1) is 0 Å². The molecule has 2 heterocycles. The van der Waals surface area contributed by atoms with E-state index in [1.165, 1.54) is 30.9 Å². The minimum Gasteiger partial charge on any atom is -0.468 e. The smallest absolute Gasteiger partial charge is 0.459 e. The van der Waals surface area contributed by atoms with Crippen molar-refractivity contribution in [3.8, 4) is 5.75 Å². The van der Waals surface area contributed by atoms with Gasteiger partial charge in [0, 0.05) is 12.3 Å². The Morgan fingerprint density at radius 2 is 1.94 bits per heavy atom. The molecule has 32 heavy (non-hydrogen) atoms. The second kappa shape index (κ2) is 10.3. The maximum absolute atomic E-state index is 13.5. The Kier molecular flexibility index (Phi) is 7.68. The van der Waals surface area contributed by atoms with Gasteiger partial charge in [0.05, 0.1) is 19.3 Å². The number of nitrogens with one attached hydrogen (secondary N) is 2. The van der Waals surface area contributed by atoms with E-state index >= 15 is 0 Å². The summed E-state index contributed by atoms with van der Waals surface area (Å²) in [6.45, 7) is 3.14. The highest BCUT2D eigenvalue weighted by Crippen LogP contribution is 2.47. The first-order chi connectivity index (χ1) is 15.2. The van der Waals surface area contributed by atoms with Crippen molar-refractivity contribution in [2.75, 3.05) is 7.11 Å². The van der Waals surface area contributed by atoms with Crippen molar-refractivity contribution in [3.63, 3.8) is 0 Å². The van der Waals surface area contributed by atoms with E-state index in [1.54, 1.807) is 37.3 Å². The molecule has 0 amide bonds. The van der Waals surface area contributed by atoms with Crippen LogP contribution in [-0.4, -0.2) is 40.9 Å². The average Bonchev–Trinajstić information content (AvgIpc) is 3.23. The van der Waals surface area contributed by atoms with Gasteiger partial charge in [0.1, 0.15) is 18.0 Å². The highest BCUT2D eigenvalue weighted by atomic mass is 31.2. The van der Waals surface area contributed by atoms with E-state index < -0.39 is 49.4 Å². The largest absolute Gasteiger partial charge is 0.468 e. The molecular weight excluding hydrogens is 441 g/mol. The van der Waals surface area contributed by atoms with Crippen LogP contribution in [0.5, 0.6) is 5.75 Å². The van der Waals surface area contributed by atoms with Gasteiger partial charge in [0.15, 0.2) is 0 Å². The molecule has 11 nitrogen and oxygen atoms in total. The molecule has 1 aliphatic heterocycles. The number of ether oxygens (including phenoxy) is 2. The van der Waals surface area contributed by atoms with Gasteiger partial charge in [0.2, 0.25) is 0 Å². The van der Waals surface area contributed by atoms with Gasteiger partial charge in [-0.25, -0.2) is 9.36 Å². The Labute approximate surface area is 184 Å². The SMILES string of the molecule is COC(=O)C(C)NP(=O)(Oc1ccccc1)OC(C)[C@@H]1CC[C@H](n2ccc(=O)[nH]c2=O)O1. The summed E-state index contributed by atoms with van der Waals surface area (Å²) in [6.07, 6.45) is 0.525. The minimum absolute atomic E-state index is 0.289. The quantitative estimate of drug-likeness (QED) is 0.419. The number of aromatic nitrogens is 2. The van der Waals surface area contributed by atoms with Gasteiger partial charge in [-0.05, 0) is 38.8 Å². The summed E-state index contributed by atoms with van der Waals surface area (Å²) >= 11 is 0. The maximum Gasteiger partial charge on any atom is 0.459 e. The number of hydrogen-bond donors (Lipinski definition) is 2. The highest BCUT2D eigenvalue weighted by Gasteiger charge is 2.39. The first kappa shape index (κ1) is 23.9. The van der Waals surface area contributed by atoms with E-state index in [0.29, 0.717) is 12.8 Å². The lowest BCUT2D eigenvalue weighted by Gasteiger charge is -2.28. The van der Waals surface area contributed by atoms with Crippen LogP contribution >= 0.6 is 7.75 Å². The fourth-order valence-corrected chi connectivity index (χ4v) is 5.01. The molecule has 1 aromatic heterocycles. The van der Waals surface area contributed by atoms with Crippen molar-refractivity contribution in [2.24, 2.45) is 0 Å². The van der Waals surface area contributed by atoms with E-state index in [-0.39, 0.29) is 5.75 Å². The van der Waals surface area contributed by atoms with Crippen molar-refractivity contribution in [1.29, 1.82) is 0 Å². The summed E-state index contributed by atoms with van der Waals surface area (Å²) < 4.78 is 36.8. The lowest BCUT2D eigenvalue weighted by molar-refractivity contribution is -0.142. The molecule has 0 radical (unpaired) electrons. The Morgan fingerprint density at radius 1 is 1.22 bits per heavy atom. The summed E-state index contributed by atoms with van der Waals surface area (Å²) in [5.74, 6) is -0.342. The molecule has 12 heteroatoms. The zero-order valence-corrected chi connectivity index (χ0v) is 18.8. The third-order valence-corrected chi connectivity index (χ3v) is 6.66. The third-order valence-electron chi connectivity index (χ3n) is 4.90. The molecule has 0 bridgehead atoms. The topological polar surface area (TPSA) is 138 Å². The summed E-state index contributed by atoms with van der Waals surface area (Å²) in [4.78, 5) is 37.3. The van der Waals surface area contributed by atoms with Crippen molar-refractivity contribution in [2.45, 2.75) is 51.2 Å². The van der Waals surface area contributed by atoms with Crippen LogP contribution < -0.4 is 20.9 Å². The Bertz CT molecular complexity index is 1090. The van der Waals surface area contributed by atoms with E-state index in [1.807, 2.05) is 0 Å². The Hall–Kier alpha value is -2.72. The van der Waals surface area contributed by atoms with Gasteiger partial charge in [-0.15, -0.1) is 0 Å². The van der Waals surface area contributed by atoms with E-state index in [0.717, 1.165) is 0 Å². The predicted octanol–water partition coefficient (Wildman–Crippen LogP) is 1.96. The van der Waals surface area contributed by atoms with E-state index in [9.17, 15) is 18.9 Å². The van der Waals surface area contributed by atoms with E-state index in [2.05, 4.69) is 14.8 Å². The van der Waals surface area contributed by atoms with Gasteiger partial charge in [-0.2, -0.15) is 5.09 Å². The standard InChI is InChI=1S/C20H26N3O8P/c1-13(19(25)28-3)22-32(27,31-15-7-5-4-6-8-15)30-14(2)16-9-10-18(29-16)23-12-11-17(24)21-20(23)26/h4-8,11-14,16,18H,9-10H2,1-3H3,(H,22,27)(H,21,24,26)/t13?,14?,16-,18+,32?/m0/s1.